The van der Waals surface area contributed by atoms with Gasteiger partial charge in [-0.15, -0.1) is 0 Å². The minimum atomic E-state index is -0.873. The van der Waals surface area contributed by atoms with Crippen molar-refractivity contribution in [3.63, 3.8) is 0 Å². The summed E-state index contributed by atoms with van der Waals surface area (Å²) in [5, 5.41) is 0. The van der Waals surface area contributed by atoms with Crippen LogP contribution >= 0.6 is 0 Å². The van der Waals surface area contributed by atoms with Crippen LogP contribution in [0.4, 0.5) is 0 Å². The highest BCUT2D eigenvalue weighted by Gasteiger charge is 2.82. The van der Waals surface area contributed by atoms with Crippen LogP contribution in [0.3, 0.4) is 0 Å². The minimum absolute atomic E-state index is 0.0419. The Kier molecular flexibility index (Phi) is 5.80. The molecule has 1 saturated heterocycles. The van der Waals surface area contributed by atoms with E-state index in [1.807, 2.05) is 19.9 Å². The second-order valence-corrected chi connectivity index (χ2v) is 14.7. The average molecular weight is 537 g/mol. The first-order valence-corrected chi connectivity index (χ1v) is 15.1. The number of carbonyl (C=O) groups is 4. The summed E-state index contributed by atoms with van der Waals surface area (Å²) in [4.78, 5) is 51.3. The van der Waals surface area contributed by atoms with Gasteiger partial charge in [-0.1, -0.05) is 47.3 Å². The number of rotatable bonds is 5. The first kappa shape index (κ1) is 27.0. The van der Waals surface area contributed by atoms with Crippen LogP contribution in [0.1, 0.15) is 86.5 Å². The smallest absolute Gasteiger partial charge is 0.306 e. The van der Waals surface area contributed by atoms with Crippen LogP contribution in [0.25, 0.3) is 0 Å². The summed E-state index contributed by atoms with van der Waals surface area (Å²) in [6.07, 6.45) is 9.03. The Morgan fingerprint density at radius 3 is 2.51 bits per heavy atom. The molecule has 6 rings (SSSR count). The molecular formula is C33H44O6. The van der Waals surface area contributed by atoms with E-state index in [-0.39, 0.29) is 81.4 Å². The zero-order valence-corrected chi connectivity index (χ0v) is 24.4. The molecule has 6 aliphatic rings. The lowest BCUT2D eigenvalue weighted by molar-refractivity contribution is -0.155. The molecule has 6 nitrogen and oxygen atoms in total. The number of fused-ring (bicyclic) bond motifs is 2. The number of ether oxygens (including phenoxy) is 2. The summed E-state index contributed by atoms with van der Waals surface area (Å²) in [7, 11) is 0. The third kappa shape index (κ3) is 3.32. The number of esters is 2. The van der Waals surface area contributed by atoms with Crippen molar-refractivity contribution in [3.8, 4) is 0 Å². The fraction of sp³-hybridized carbons (Fsp3) is 0.758. The van der Waals surface area contributed by atoms with Crippen molar-refractivity contribution < 1.29 is 28.7 Å². The molecule has 0 aromatic rings. The normalized spacial score (nSPS) is 49.5. The van der Waals surface area contributed by atoms with E-state index in [4.69, 9.17) is 9.47 Å². The number of Topliss-reactive ketones (excluding diaryl/α,β-unsaturated/α-hetero) is 1. The SMILES string of the molecule is C=C(C(=O)[C@@H]1OC(=O)C[C@H]1[C@H]1[C@@H](OC(C)=O)C[C@@]2(C)[C@@H]3CC[C@H]4[C@H](C)C(=O)C=CC45CC35CC[C@]12C)C(C)C. The lowest BCUT2D eigenvalue weighted by Crippen LogP contribution is -2.56. The number of cyclic esters (lactones) is 1. The van der Waals surface area contributed by atoms with Gasteiger partial charge in [0.2, 0.25) is 0 Å². The van der Waals surface area contributed by atoms with Gasteiger partial charge in [0.1, 0.15) is 6.10 Å². The van der Waals surface area contributed by atoms with Gasteiger partial charge in [-0.25, -0.2) is 0 Å². The number of ketones is 2. The molecule has 0 aromatic carbocycles. The summed E-state index contributed by atoms with van der Waals surface area (Å²) in [5.41, 5.74) is 0.396. The third-order valence-electron chi connectivity index (χ3n) is 13.1. The molecule has 4 saturated carbocycles. The Bertz CT molecular complexity index is 1200. The van der Waals surface area contributed by atoms with Crippen LogP contribution in [0.15, 0.2) is 24.3 Å². The molecule has 0 amide bonds. The Labute approximate surface area is 232 Å². The van der Waals surface area contributed by atoms with Gasteiger partial charge in [0.15, 0.2) is 17.7 Å². The van der Waals surface area contributed by atoms with Crippen molar-refractivity contribution in [1.29, 1.82) is 0 Å². The molecule has 0 radical (unpaired) electrons. The Balaban J connectivity index is 1.40. The Hall–Kier alpha value is -2.24. The van der Waals surface area contributed by atoms with Gasteiger partial charge in [0.05, 0.1) is 6.42 Å². The average Bonchev–Trinajstić information content (AvgIpc) is 3.29. The summed E-state index contributed by atoms with van der Waals surface area (Å²) in [6, 6.07) is 0. The van der Waals surface area contributed by atoms with Crippen molar-refractivity contribution in [2.75, 3.05) is 0 Å². The van der Waals surface area contributed by atoms with E-state index >= 15 is 0 Å². The molecular weight excluding hydrogens is 492 g/mol. The van der Waals surface area contributed by atoms with E-state index in [0.717, 1.165) is 38.5 Å². The van der Waals surface area contributed by atoms with E-state index < -0.39 is 6.10 Å². The molecule has 0 bridgehead atoms. The Morgan fingerprint density at radius 2 is 1.85 bits per heavy atom. The molecule has 0 aromatic heterocycles. The number of carbonyl (C=O) groups excluding carboxylic acids is 4. The largest absolute Gasteiger partial charge is 0.462 e. The van der Waals surface area contributed by atoms with E-state index in [1.165, 1.54) is 6.92 Å². The highest BCUT2D eigenvalue weighted by Crippen LogP contribution is 2.87. The molecule has 5 fully saturated rings. The topological polar surface area (TPSA) is 86.7 Å². The first-order chi connectivity index (χ1) is 18.2. The second-order valence-electron chi connectivity index (χ2n) is 14.7. The quantitative estimate of drug-likeness (QED) is 0.334. The van der Waals surface area contributed by atoms with Crippen LogP contribution in [-0.2, 0) is 28.7 Å². The maximum Gasteiger partial charge on any atom is 0.306 e. The second kappa shape index (κ2) is 8.39. The summed E-state index contributed by atoms with van der Waals surface area (Å²) in [6.45, 7) is 16.2. The number of hydrogen-bond donors (Lipinski definition) is 0. The minimum Gasteiger partial charge on any atom is -0.462 e. The van der Waals surface area contributed by atoms with Gasteiger partial charge < -0.3 is 9.47 Å². The molecule has 11 atom stereocenters. The van der Waals surface area contributed by atoms with E-state index in [9.17, 15) is 19.2 Å². The monoisotopic (exact) mass is 536 g/mol. The van der Waals surface area contributed by atoms with Crippen LogP contribution in [0, 0.1) is 57.2 Å². The maximum atomic E-state index is 13.6. The van der Waals surface area contributed by atoms with Gasteiger partial charge in [-0.05, 0) is 89.6 Å². The van der Waals surface area contributed by atoms with Crippen molar-refractivity contribution in [2.45, 2.75) is 98.7 Å². The summed E-state index contributed by atoms with van der Waals surface area (Å²) >= 11 is 0. The lowest BCUT2D eigenvalue weighted by atomic mass is 9.43. The zero-order valence-electron chi connectivity index (χ0n) is 24.4. The van der Waals surface area contributed by atoms with Gasteiger partial charge in [0.25, 0.3) is 0 Å². The van der Waals surface area contributed by atoms with Gasteiger partial charge >= 0.3 is 11.9 Å². The number of hydrogen-bond acceptors (Lipinski definition) is 6. The molecule has 39 heavy (non-hydrogen) atoms. The van der Waals surface area contributed by atoms with Crippen molar-refractivity contribution in [1.82, 2.24) is 0 Å². The van der Waals surface area contributed by atoms with Crippen molar-refractivity contribution in [3.05, 3.63) is 24.3 Å². The highest BCUT2D eigenvalue weighted by atomic mass is 16.6. The van der Waals surface area contributed by atoms with Crippen molar-refractivity contribution in [2.24, 2.45) is 57.2 Å². The fourth-order valence-electron chi connectivity index (χ4n) is 11.1. The van der Waals surface area contributed by atoms with Gasteiger partial charge in [-0.2, -0.15) is 0 Å². The predicted molar refractivity (Wildman–Crippen MR) is 145 cm³/mol. The third-order valence-corrected chi connectivity index (χ3v) is 13.1. The zero-order chi connectivity index (χ0) is 28.3. The lowest BCUT2D eigenvalue weighted by Gasteiger charge is -2.61. The van der Waals surface area contributed by atoms with Crippen LogP contribution in [-0.4, -0.2) is 35.7 Å². The van der Waals surface area contributed by atoms with Gasteiger partial charge in [0, 0.05) is 24.7 Å². The molecule has 2 unspecified atom stereocenters. The predicted octanol–water partition coefficient (Wildman–Crippen LogP) is 5.64. The highest BCUT2D eigenvalue weighted by molar-refractivity contribution is 6.01. The summed E-state index contributed by atoms with van der Waals surface area (Å²) in [5.74, 6) is -0.229. The number of allylic oxidation sites excluding steroid dienone is 2. The van der Waals surface area contributed by atoms with Crippen LogP contribution in [0.2, 0.25) is 0 Å². The first-order valence-electron chi connectivity index (χ1n) is 15.1. The molecule has 2 spiro atoms. The molecule has 1 aliphatic heterocycles. The summed E-state index contributed by atoms with van der Waals surface area (Å²) < 4.78 is 11.8. The molecule has 1 heterocycles. The Morgan fingerprint density at radius 1 is 1.13 bits per heavy atom. The van der Waals surface area contributed by atoms with Crippen LogP contribution in [0.5, 0.6) is 0 Å². The maximum absolute atomic E-state index is 13.6. The molecule has 0 N–H and O–H groups in total. The van der Waals surface area contributed by atoms with E-state index in [0.29, 0.717) is 17.4 Å². The van der Waals surface area contributed by atoms with E-state index in [1.54, 1.807) is 0 Å². The van der Waals surface area contributed by atoms with E-state index in [2.05, 4.69) is 33.4 Å². The molecule has 6 heteroatoms. The van der Waals surface area contributed by atoms with Gasteiger partial charge in [-0.3, -0.25) is 19.2 Å². The fourth-order valence-corrected chi connectivity index (χ4v) is 11.1. The molecule has 212 valence electrons. The standard InChI is InChI=1S/C33H44O6/c1-17(2)18(3)28(37)29-21(14-26(36)39-29)27-24(38-20(5)34)15-31(7)25-9-8-22-19(4)23(35)10-11-32(22)16-33(25,32)13-12-30(27,31)6/h10-11,17,19,21-22,24-25,27,29H,3,8-9,12-16H2,1-2,4-7H3/t19-,21-,22-,24-,25-,27-,29+,30+,31-,32?,33?/m0/s1. The van der Waals surface area contributed by atoms with Crippen LogP contribution < -0.4 is 0 Å². The molecule has 5 aliphatic carbocycles. The van der Waals surface area contributed by atoms with Crippen molar-refractivity contribution >= 4 is 23.5 Å².